The summed E-state index contributed by atoms with van der Waals surface area (Å²) in [5.41, 5.74) is 4.52. The van der Waals surface area contributed by atoms with Crippen LogP contribution in [0.1, 0.15) is 42.2 Å². The fourth-order valence-electron chi connectivity index (χ4n) is 5.81. The van der Waals surface area contributed by atoms with Gasteiger partial charge in [0.25, 0.3) is 6.04 Å². The Bertz CT molecular complexity index is 1330. The van der Waals surface area contributed by atoms with Gasteiger partial charge in [0.1, 0.15) is 18.3 Å². The highest BCUT2D eigenvalue weighted by Gasteiger charge is 2.65. The van der Waals surface area contributed by atoms with Gasteiger partial charge in [0, 0.05) is 4.92 Å². The van der Waals surface area contributed by atoms with Crippen LogP contribution in [-0.2, 0) is 30.4 Å². The number of hydrogen-bond donors (Lipinski definition) is 0. The summed E-state index contributed by atoms with van der Waals surface area (Å²) in [6.45, 7) is 7.91. The van der Waals surface area contributed by atoms with Crippen molar-refractivity contribution in [2.45, 2.75) is 82.9 Å². The largest absolute Gasteiger partial charge is 0.368 e. The van der Waals surface area contributed by atoms with Gasteiger partial charge in [-0.1, -0.05) is 77.9 Å². The van der Waals surface area contributed by atoms with E-state index in [1.165, 1.54) is 0 Å². The van der Waals surface area contributed by atoms with Gasteiger partial charge in [-0.2, -0.15) is 0 Å². The predicted octanol–water partition coefficient (Wildman–Crippen LogP) is 5.27. The molecular formula is C31H34N2O7. The standard InChI is InChI=1S/C31H34N2O7/c1-19-10-14-22(15-11-19)26-25(33(34)35)24(32(40-26)23-16-12-20(2)13-17-23)27-28(36-18-21-8-6-5-7-9-21)29-30(37-27)39-31(3,4)38-29/h5-17,24-30H,18H2,1-4H3/t24-,25+,26-,27+,28-,29+,30+/m0/s1. The molecule has 0 aliphatic carbocycles. The molecule has 3 aliphatic heterocycles. The van der Waals surface area contributed by atoms with Crippen molar-refractivity contribution in [1.29, 1.82) is 0 Å². The maximum atomic E-state index is 12.8. The zero-order valence-corrected chi connectivity index (χ0v) is 23.0. The zero-order chi connectivity index (χ0) is 28.0. The SMILES string of the molecule is Cc1ccc([C@@H]2ON(c3ccc(C)cc3)[C@H]([C@H]3O[C@@H]4OC(C)(C)O[C@@H]4[C@H]3OCc3ccccc3)[C@H]2[N+](=O)[O-])cc1. The van der Waals surface area contributed by atoms with E-state index in [9.17, 15) is 10.1 Å². The number of aryl methyl sites for hydroxylation is 2. The molecule has 0 radical (unpaired) electrons. The van der Waals surface area contributed by atoms with Crippen LogP contribution in [0, 0.1) is 24.0 Å². The molecule has 7 atom stereocenters. The first-order chi connectivity index (χ1) is 19.2. The number of nitrogens with zero attached hydrogens (tertiary/aromatic N) is 2. The van der Waals surface area contributed by atoms with Crippen LogP contribution in [0.15, 0.2) is 78.9 Å². The minimum Gasteiger partial charge on any atom is -0.368 e. The van der Waals surface area contributed by atoms with Gasteiger partial charge in [0.2, 0.25) is 0 Å². The molecule has 3 fully saturated rings. The summed E-state index contributed by atoms with van der Waals surface area (Å²) >= 11 is 0. The highest BCUT2D eigenvalue weighted by Crippen LogP contribution is 2.47. The third kappa shape index (κ3) is 5.11. The van der Waals surface area contributed by atoms with Crippen LogP contribution in [0.4, 0.5) is 5.69 Å². The number of anilines is 1. The number of nitro groups is 1. The van der Waals surface area contributed by atoms with E-state index < -0.39 is 48.6 Å². The molecule has 210 valence electrons. The molecule has 0 bridgehead atoms. The van der Waals surface area contributed by atoms with Gasteiger partial charge in [-0.3, -0.25) is 15.0 Å². The van der Waals surface area contributed by atoms with Crippen molar-refractivity contribution in [3.05, 3.63) is 111 Å². The van der Waals surface area contributed by atoms with Crippen molar-refractivity contribution >= 4 is 5.69 Å². The second kappa shape index (κ2) is 10.6. The molecule has 0 spiro atoms. The topological polar surface area (TPSA) is 92.5 Å². The number of fused-ring (bicyclic) bond motifs is 1. The minimum atomic E-state index is -1.15. The molecule has 0 aromatic heterocycles. The maximum absolute atomic E-state index is 12.8. The number of benzene rings is 3. The second-order valence-corrected chi connectivity index (χ2v) is 11.2. The Morgan fingerprint density at radius 2 is 1.55 bits per heavy atom. The molecule has 9 heteroatoms. The average molecular weight is 547 g/mol. The quantitative estimate of drug-likeness (QED) is 0.292. The van der Waals surface area contributed by atoms with Crippen molar-refractivity contribution < 1.29 is 28.7 Å². The van der Waals surface area contributed by atoms with Gasteiger partial charge in [0.05, 0.1) is 12.3 Å². The Kier molecular flexibility index (Phi) is 7.10. The number of rotatable bonds is 7. The monoisotopic (exact) mass is 546 g/mol. The summed E-state index contributed by atoms with van der Waals surface area (Å²) in [6.07, 6.45) is -3.55. The van der Waals surface area contributed by atoms with Crippen molar-refractivity contribution in [2.24, 2.45) is 0 Å². The third-order valence-corrected chi connectivity index (χ3v) is 7.74. The lowest BCUT2D eigenvalue weighted by Crippen LogP contribution is -2.53. The lowest BCUT2D eigenvalue weighted by Gasteiger charge is -2.33. The number of ether oxygens (including phenoxy) is 4. The van der Waals surface area contributed by atoms with E-state index in [2.05, 4.69) is 0 Å². The molecular weight excluding hydrogens is 512 g/mol. The first kappa shape index (κ1) is 26.9. The van der Waals surface area contributed by atoms with Crippen molar-refractivity contribution in [3.8, 4) is 0 Å². The highest BCUT2D eigenvalue weighted by molar-refractivity contribution is 5.48. The summed E-state index contributed by atoms with van der Waals surface area (Å²) in [6, 6.07) is 23.2. The Balaban J connectivity index is 1.40. The van der Waals surface area contributed by atoms with Gasteiger partial charge in [0.15, 0.2) is 24.2 Å². The van der Waals surface area contributed by atoms with E-state index in [4.69, 9.17) is 23.8 Å². The Labute approximate surface area is 233 Å². The van der Waals surface area contributed by atoms with Gasteiger partial charge in [-0.15, -0.1) is 0 Å². The zero-order valence-electron chi connectivity index (χ0n) is 23.0. The van der Waals surface area contributed by atoms with Crippen molar-refractivity contribution in [1.82, 2.24) is 0 Å². The fraction of sp³-hybridized carbons (Fsp3) is 0.419. The molecule has 40 heavy (non-hydrogen) atoms. The molecule has 3 aromatic rings. The van der Waals surface area contributed by atoms with Crippen LogP contribution in [-0.4, -0.2) is 47.4 Å². The van der Waals surface area contributed by atoms with E-state index in [-0.39, 0.29) is 4.92 Å². The summed E-state index contributed by atoms with van der Waals surface area (Å²) < 4.78 is 25.2. The number of hydroxylamine groups is 1. The van der Waals surface area contributed by atoms with Crippen LogP contribution in [0.3, 0.4) is 0 Å². The summed E-state index contributed by atoms with van der Waals surface area (Å²) in [5, 5.41) is 14.5. The molecule has 0 amide bonds. The summed E-state index contributed by atoms with van der Waals surface area (Å²) in [4.78, 5) is 19.0. The molecule has 6 rings (SSSR count). The summed E-state index contributed by atoms with van der Waals surface area (Å²) in [7, 11) is 0. The van der Waals surface area contributed by atoms with Crippen LogP contribution in [0.2, 0.25) is 0 Å². The van der Waals surface area contributed by atoms with E-state index in [1.807, 2.05) is 107 Å². The second-order valence-electron chi connectivity index (χ2n) is 11.2. The minimum absolute atomic E-state index is 0.263. The van der Waals surface area contributed by atoms with Crippen molar-refractivity contribution in [3.63, 3.8) is 0 Å². The van der Waals surface area contributed by atoms with E-state index in [0.717, 1.165) is 22.3 Å². The molecule has 3 aliphatic rings. The van der Waals surface area contributed by atoms with Gasteiger partial charge in [-0.25, -0.2) is 5.06 Å². The van der Waals surface area contributed by atoms with Gasteiger partial charge < -0.3 is 18.9 Å². The van der Waals surface area contributed by atoms with Crippen LogP contribution >= 0.6 is 0 Å². The first-order valence-electron chi connectivity index (χ1n) is 13.6. The lowest BCUT2D eigenvalue weighted by molar-refractivity contribution is -0.532. The Hall–Kier alpha value is -3.34. The Morgan fingerprint density at radius 1 is 0.900 bits per heavy atom. The first-order valence-corrected chi connectivity index (χ1v) is 13.6. The average Bonchev–Trinajstić information content (AvgIpc) is 3.56. The van der Waals surface area contributed by atoms with Crippen molar-refractivity contribution in [2.75, 3.05) is 5.06 Å². The van der Waals surface area contributed by atoms with Gasteiger partial charge >= 0.3 is 0 Å². The normalized spacial score (nSPS) is 30.9. The molecule has 3 saturated heterocycles. The van der Waals surface area contributed by atoms with Crippen LogP contribution in [0.5, 0.6) is 0 Å². The van der Waals surface area contributed by atoms with E-state index in [0.29, 0.717) is 12.3 Å². The molecule has 0 unspecified atom stereocenters. The van der Waals surface area contributed by atoms with Crippen LogP contribution in [0.25, 0.3) is 0 Å². The smallest absolute Gasteiger partial charge is 0.270 e. The maximum Gasteiger partial charge on any atom is 0.270 e. The molecule has 3 heterocycles. The molecule has 3 aromatic carbocycles. The molecule has 0 N–H and O–H groups in total. The third-order valence-electron chi connectivity index (χ3n) is 7.74. The van der Waals surface area contributed by atoms with E-state index >= 15 is 0 Å². The Morgan fingerprint density at radius 3 is 2.20 bits per heavy atom. The van der Waals surface area contributed by atoms with Crippen LogP contribution < -0.4 is 5.06 Å². The fourth-order valence-corrected chi connectivity index (χ4v) is 5.81. The summed E-state index contributed by atoms with van der Waals surface area (Å²) in [5.74, 6) is -0.871. The molecule has 9 nitrogen and oxygen atoms in total. The lowest BCUT2D eigenvalue weighted by atomic mass is 9.91. The van der Waals surface area contributed by atoms with E-state index in [1.54, 1.807) is 5.06 Å². The highest BCUT2D eigenvalue weighted by atomic mass is 16.8. The number of hydrogen-bond acceptors (Lipinski definition) is 8. The predicted molar refractivity (Wildman–Crippen MR) is 147 cm³/mol. The van der Waals surface area contributed by atoms with Gasteiger partial charge in [-0.05, 0) is 51.0 Å². The molecule has 0 saturated carbocycles.